The smallest absolute Gasteiger partial charge is 0.316 e. The van der Waals surface area contributed by atoms with Crippen molar-refractivity contribution in [3.8, 4) is 0 Å². The van der Waals surface area contributed by atoms with Crippen LogP contribution in [0.1, 0.15) is 24.9 Å². The number of rotatable bonds is 6. The van der Waals surface area contributed by atoms with Gasteiger partial charge in [0.2, 0.25) is 0 Å². The molecular weight excluding hydrogens is 245 g/mol. The van der Waals surface area contributed by atoms with Gasteiger partial charge in [-0.25, -0.2) is 9.18 Å². The molecule has 0 bridgehead atoms. The van der Waals surface area contributed by atoms with E-state index in [0.717, 1.165) is 6.42 Å². The minimum absolute atomic E-state index is 0.0301. The van der Waals surface area contributed by atoms with E-state index in [1.165, 1.54) is 11.0 Å². The lowest BCUT2D eigenvalue weighted by Crippen LogP contribution is -2.39. The third-order valence-electron chi connectivity index (χ3n) is 2.89. The minimum Gasteiger partial charge on any atom is -0.337 e. The molecule has 0 saturated carbocycles. The number of halogens is 1. The average molecular weight is 267 g/mol. The zero-order chi connectivity index (χ0) is 14.3. The van der Waals surface area contributed by atoms with E-state index in [2.05, 4.69) is 10.6 Å². The predicted molar refractivity (Wildman–Crippen MR) is 74.5 cm³/mol. The molecule has 1 unspecified atom stereocenters. The summed E-state index contributed by atoms with van der Waals surface area (Å²) in [5.74, 6) is -0.195. The fraction of sp³-hybridized carbons (Fsp3) is 0.500. The maximum absolute atomic E-state index is 13.7. The fourth-order valence-electron chi connectivity index (χ4n) is 1.81. The van der Waals surface area contributed by atoms with Gasteiger partial charge in [0.1, 0.15) is 5.82 Å². The highest BCUT2D eigenvalue weighted by Crippen LogP contribution is 2.19. The van der Waals surface area contributed by atoms with Gasteiger partial charge in [0.15, 0.2) is 0 Å². The monoisotopic (exact) mass is 267 g/mol. The topological polar surface area (TPSA) is 44.4 Å². The predicted octanol–water partition coefficient (Wildman–Crippen LogP) is 2.14. The number of carbonyl (C=O) groups is 1. The highest BCUT2D eigenvalue weighted by atomic mass is 19.1. The molecule has 19 heavy (non-hydrogen) atoms. The van der Waals surface area contributed by atoms with Gasteiger partial charge in [-0.05, 0) is 12.5 Å². The Morgan fingerprint density at radius 3 is 2.58 bits per heavy atom. The number of carbonyl (C=O) groups excluding carboxylic acids is 1. The van der Waals surface area contributed by atoms with Crippen molar-refractivity contribution in [1.82, 2.24) is 15.5 Å². The van der Waals surface area contributed by atoms with Gasteiger partial charge >= 0.3 is 6.03 Å². The lowest BCUT2D eigenvalue weighted by molar-refractivity contribution is 0.217. The van der Waals surface area contributed by atoms with E-state index in [9.17, 15) is 9.18 Å². The van der Waals surface area contributed by atoms with Crippen LogP contribution in [0.25, 0.3) is 0 Å². The second-order valence-electron chi connectivity index (χ2n) is 4.56. The van der Waals surface area contributed by atoms with Crippen LogP contribution in [0.4, 0.5) is 9.18 Å². The number of nitrogens with zero attached hydrogens (tertiary/aromatic N) is 1. The zero-order valence-corrected chi connectivity index (χ0v) is 11.7. The largest absolute Gasteiger partial charge is 0.337 e. The highest BCUT2D eigenvalue weighted by molar-refractivity contribution is 5.73. The molecule has 0 aromatic heterocycles. The van der Waals surface area contributed by atoms with Crippen LogP contribution in [0.3, 0.4) is 0 Å². The molecule has 2 N–H and O–H groups in total. The fourth-order valence-corrected chi connectivity index (χ4v) is 1.81. The second-order valence-corrected chi connectivity index (χ2v) is 4.56. The van der Waals surface area contributed by atoms with Crippen LogP contribution >= 0.6 is 0 Å². The molecule has 0 spiro atoms. The first-order valence-electron chi connectivity index (χ1n) is 6.49. The molecular formula is C14H22FN3O. The van der Waals surface area contributed by atoms with Crippen molar-refractivity contribution in [3.63, 3.8) is 0 Å². The van der Waals surface area contributed by atoms with Gasteiger partial charge in [0.05, 0.1) is 0 Å². The Morgan fingerprint density at radius 1 is 1.32 bits per heavy atom. The summed E-state index contributed by atoms with van der Waals surface area (Å²) in [5, 5.41) is 6.01. The molecule has 0 saturated heterocycles. The Morgan fingerprint density at radius 2 is 2.00 bits per heavy atom. The third kappa shape index (κ3) is 4.87. The van der Waals surface area contributed by atoms with Gasteiger partial charge in [-0.2, -0.15) is 0 Å². The van der Waals surface area contributed by atoms with Crippen molar-refractivity contribution < 1.29 is 9.18 Å². The van der Waals surface area contributed by atoms with E-state index in [0.29, 0.717) is 18.7 Å². The van der Waals surface area contributed by atoms with Crippen molar-refractivity contribution in [3.05, 3.63) is 35.6 Å². The van der Waals surface area contributed by atoms with Crippen molar-refractivity contribution in [2.75, 3.05) is 27.2 Å². The van der Waals surface area contributed by atoms with Crippen LogP contribution in [-0.2, 0) is 0 Å². The first-order chi connectivity index (χ1) is 9.06. The van der Waals surface area contributed by atoms with Crippen LogP contribution in [0.5, 0.6) is 0 Å². The number of amides is 2. The van der Waals surface area contributed by atoms with Crippen molar-refractivity contribution in [1.29, 1.82) is 0 Å². The second kappa shape index (κ2) is 7.74. The molecule has 0 fully saturated rings. The number of hydrogen-bond donors (Lipinski definition) is 2. The van der Waals surface area contributed by atoms with Gasteiger partial charge in [-0.15, -0.1) is 0 Å². The van der Waals surface area contributed by atoms with Crippen LogP contribution < -0.4 is 10.6 Å². The summed E-state index contributed by atoms with van der Waals surface area (Å²) < 4.78 is 13.7. The summed E-state index contributed by atoms with van der Waals surface area (Å²) in [5.41, 5.74) is 0.670. The number of nitrogens with one attached hydrogen (secondary N) is 2. The molecule has 0 heterocycles. The zero-order valence-electron chi connectivity index (χ0n) is 11.7. The molecule has 0 aliphatic rings. The molecule has 1 aromatic rings. The standard InChI is InChI=1S/C14H22FN3O/c1-4-13(11-7-5-6-8-12(11)15)16-9-10-17-14(19)18(2)3/h5-8,13,16H,4,9-10H2,1-3H3,(H,17,19). The third-order valence-corrected chi connectivity index (χ3v) is 2.89. The minimum atomic E-state index is -0.195. The van der Waals surface area contributed by atoms with Crippen LogP contribution in [-0.4, -0.2) is 38.1 Å². The number of benzene rings is 1. The lowest BCUT2D eigenvalue weighted by atomic mass is 10.0. The molecule has 1 aromatic carbocycles. The Hall–Kier alpha value is -1.62. The lowest BCUT2D eigenvalue weighted by Gasteiger charge is -2.19. The van der Waals surface area contributed by atoms with E-state index in [-0.39, 0.29) is 17.9 Å². The van der Waals surface area contributed by atoms with Gasteiger partial charge in [0, 0.05) is 38.8 Å². The molecule has 0 aliphatic heterocycles. The molecule has 5 heteroatoms. The molecule has 0 aliphatic carbocycles. The summed E-state index contributed by atoms with van der Waals surface area (Å²) in [4.78, 5) is 12.8. The molecule has 1 rings (SSSR count). The molecule has 106 valence electrons. The van der Waals surface area contributed by atoms with Gasteiger partial charge in [-0.1, -0.05) is 25.1 Å². The van der Waals surface area contributed by atoms with Gasteiger partial charge in [0.25, 0.3) is 0 Å². The van der Waals surface area contributed by atoms with Gasteiger partial charge in [-0.3, -0.25) is 0 Å². The summed E-state index contributed by atoms with van der Waals surface area (Å²) in [7, 11) is 3.38. The maximum atomic E-state index is 13.7. The maximum Gasteiger partial charge on any atom is 0.316 e. The summed E-state index contributed by atoms with van der Waals surface area (Å²) in [6.07, 6.45) is 0.794. The van der Waals surface area contributed by atoms with Crippen LogP contribution in [0.2, 0.25) is 0 Å². The van der Waals surface area contributed by atoms with Crippen LogP contribution in [0.15, 0.2) is 24.3 Å². The van der Waals surface area contributed by atoms with E-state index in [1.807, 2.05) is 13.0 Å². The highest BCUT2D eigenvalue weighted by Gasteiger charge is 2.12. The summed E-state index contributed by atoms with van der Waals surface area (Å²) >= 11 is 0. The van der Waals surface area contributed by atoms with E-state index in [1.54, 1.807) is 26.2 Å². The van der Waals surface area contributed by atoms with Crippen molar-refractivity contribution in [2.45, 2.75) is 19.4 Å². The van der Waals surface area contributed by atoms with Crippen LogP contribution in [0, 0.1) is 5.82 Å². The first-order valence-corrected chi connectivity index (χ1v) is 6.49. The normalized spacial score (nSPS) is 12.0. The van der Waals surface area contributed by atoms with Crippen molar-refractivity contribution >= 4 is 6.03 Å². The number of hydrogen-bond acceptors (Lipinski definition) is 2. The van der Waals surface area contributed by atoms with Crippen molar-refractivity contribution in [2.24, 2.45) is 0 Å². The Kier molecular flexibility index (Phi) is 6.29. The summed E-state index contributed by atoms with van der Waals surface area (Å²) in [6, 6.07) is 6.61. The average Bonchev–Trinajstić information content (AvgIpc) is 2.39. The molecule has 2 amide bonds. The quantitative estimate of drug-likeness (QED) is 0.776. The number of urea groups is 1. The van der Waals surface area contributed by atoms with E-state index in [4.69, 9.17) is 0 Å². The Balaban J connectivity index is 2.42. The first kappa shape index (κ1) is 15.4. The van der Waals surface area contributed by atoms with Gasteiger partial charge < -0.3 is 15.5 Å². The Bertz CT molecular complexity index is 409. The van der Waals surface area contributed by atoms with E-state index < -0.39 is 0 Å². The molecule has 4 nitrogen and oxygen atoms in total. The Labute approximate surface area is 114 Å². The summed E-state index contributed by atoms with van der Waals surface area (Å²) in [6.45, 7) is 3.12. The SMILES string of the molecule is CCC(NCCNC(=O)N(C)C)c1ccccc1F. The van der Waals surface area contributed by atoms with E-state index >= 15 is 0 Å². The molecule has 0 radical (unpaired) electrons. The molecule has 1 atom stereocenters.